The minimum Gasteiger partial charge on any atom is -0.309 e. The molecule has 0 radical (unpaired) electrons. The smallest absolute Gasteiger partial charge is 0.235 e. The number of nitrogens with zero attached hydrogens (tertiary/aromatic N) is 4. The molecule has 11 aromatic rings. The van der Waals surface area contributed by atoms with Gasteiger partial charge in [0.05, 0.1) is 38.0 Å². The highest BCUT2D eigenvalue weighted by Gasteiger charge is 2.22. The largest absolute Gasteiger partial charge is 0.309 e. The first-order valence-corrected chi connectivity index (χ1v) is 18.7. The van der Waals surface area contributed by atoms with Gasteiger partial charge in [0.1, 0.15) is 0 Å². The average molecular weight is 695 g/mol. The van der Waals surface area contributed by atoms with Crippen LogP contribution in [0.4, 0.5) is 0 Å². The van der Waals surface area contributed by atoms with E-state index >= 15 is 0 Å². The Bertz CT molecular complexity index is 3160. The van der Waals surface area contributed by atoms with E-state index in [1.54, 1.807) is 11.3 Å². The molecule has 0 atom stereocenters. The molecule has 0 unspecified atom stereocenters. The Balaban J connectivity index is 1.17. The maximum absolute atomic E-state index is 5.39. The fourth-order valence-corrected chi connectivity index (χ4v) is 9.12. The van der Waals surface area contributed by atoms with Crippen molar-refractivity contribution in [2.24, 2.45) is 0 Å². The van der Waals surface area contributed by atoms with Crippen molar-refractivity contribution >= 4 is 65.2 Å². The molecule has 4 aromatic heterocycles. The van der Waals surface area contributed by atoms with Gasteiger partial charge in [0.25, 0.3) is 0 Å². The molecule has 0 fully saturated rings. The summed E-state index contributed by atoms with van der Waals surface area (Å²) in [5, 5.41) is 7.05. The van der Waals surface area contributed by atoms with Crippen LogP contribution in [0.15, 0.2) is 181 Å². The summed E-state index contributed by atoms with van der Waals surface area (Å²) in [6.45, 7) is 0. The quantitative estimate of drug-likeness (QED) is 0.180. The van der Waals surface area contributed by atoms with Crippen molar-refractivity contribution in [1.29, 1.82) is 0 Å². The van der Waals surface area contributed by atoms with Crippen LogP contribution in [0.1, 0.15) is 0 Å². The van der Waals surface area contributed by atoms with E-state index in [9.17, 15) is 0 Å². The minimum atomic E-state index is 0.666. The van der Waals surface area contributed by atoms with Crippen molar-refractivity contribution in [3.8, 4) is 45.1 Å². The normalized spacial score (nSPS) is 11.8. The van der Waals surface area contributed by atoms with Gasteiger partial charge in [-0.2, -0.15) is 0 Å². The van der Waals surface area contributed by atoms with Crippen LogP contribution in [0.2, 0.25) is 0 Å². The zero-order chi connectivity index (χ0) is 34.9. The van der Waals surface area contributed by atoms with E-state index in [1.165, 1.54) is 43.7 Å². The number of thiophene rings is 1. The van der Waals surface area contributed by atoms with Gasteiger partial charge < -0.3 is 4.57 Å². The first kappa shape index (κ1) is 29.9. The Morgan fingerprint density at radius 3 is 1.81 bits per heavy atom. The van der Waals surface area contributed by atoms with Crippen LogP contribution in [0.3, 0.4) is 0 Å². The average Bonchev–Trinajstić information content (AvgIpc) is 3.91. The molecule has 248 valence electrons. The van der Waals surface area contributed by atoms with Crippen LogP contribution < -0.4 is 0 Å². The van der Waals surface area contributed by atoms with Gasteiger partial charge in [-0.25, -0.2) is 9.97 Å². The highest BCUT2D eigenvalue weighted by molar-refractivity contribution is 7.18. The van der Waals surface area contributed by atoms with Gasteiger partial charge in [-0.15, -0.1) is 11.3 Å². The summed E-state index contributed by atoms with van der Waals surface area (Å²) < 4.78 is 5.71. The molecule has 4 heterocycles. The molecular formula is C48H30N4S. The molecule has 0 aliphatic rings. The molecule has 0 amide bonds. The summed E-state index contributed by atoms with van der Waals surface area (Å²) in [6, 6.07) is 62.6. The molecule has 5 heteroatoms. The lowest BCUT2D eigenvalue weighted by Crippen LogP contribution is -2.03. The number of rotatable bonds is 5. The molecule has 11 rings (SSSR count). The van der Waals surface area contributed by atoms with E-state index < -0.39 is 0 Å². The zero-order valence-electron chi connectivity index (χ0n) is 28.5. The molecular weight excluding hydrogens is 665 g/mol. The maximum Gasteiger partial charge on any atom is 0.235 e. The first-order chi connectivity index (χ1) is 26.3. The third kappa shape index (κ3) is 4.61. The SMILES string of the molecule is c1ccc(-c2csc3c(-c4ccccc4)nc(-n4c5ccccc5c5cc(-c6cccc7c6c6ccccc6n7-c6ccccc6)ccc54)nc23)cc1. The summed E-state index contributed by atoms with van der Waals surface area (Å²) in [5.74, 6) is 0.666. The van der Waals surface area contributed by atoms with Gasteiger partial charge in [0.2, 0.25) is 5.95 Å². The van der Waals surface area contributed by atoms with E-state index in [-0.39, 0.29) is 0 Å². The Morgan fingerprint density at radius 1 is 0.415 bits per heavy atom. The number of benzene rings is 7. The number of hydrogen-bond donors (Lipinski definition) is 0. The fourth-order valence-electron chi connectivity index (χ4n) is 8.09. The molecule has 0 saturated carbocycles. The third-order valence-corrected chi connectivity index (χ3v) is 11.4. The van der Waals surface area contributed by atoms with Gasteiger partial charge in [-0.3, -0.25) is 4.57 Å². The standard InChI is InChI=1S/C48H30N4S/c1-4-15-31(16-5-1)39-30-53-47-45(32-17-6-2-7-18-32)49-48(50-46(39)47)52-40-24-12-10-21-36(40)38-29-33(27-28-42(38)52)35-23-14-26-43-44(35)37-22-11-13-25-41(37)51(43)34-19-8-3-9-20-34/h1-30H. The predicted octanol–water partition coefficient (Wildman–Crippen LogP) is 12.9. The Morgan fingerprint density at radius 2 is 1.04 bits per heavy atom. The van der Waals surface area contributed by atoms with E-state index in [1.807, 2.05) is 0 Å². The van der Waals surface area contributed by atoms with Gasteiger partial charge in [0.15, 0.2) is 0 Å². The van der Waals surface area contributed by atoms with Crippen molar-refractivity contribution in [2.75, 3.05) is 0 Å². The van der Waals surface area contributed by atoms with Crippen LogP contribution in [0.5, 0.6) is 0 Å². The van der Waals surface area contributed by atoms with Crippen molar-refractivity contribution in [2.45, 2.75) is 0 Å². The van der Waals surface area contributed by atoms with Crippen LogP contribution in [0.25, 0.3) is 99.0 Å². The van der Waals surface area contributed by atoms with E-state index in [4.69, 9.17) is 9.97 Å². The highest BCUT2D eigenvalue weighted by atomic mass is 32.1. The monoisotopic (exact) mass is 694 g/mol. The lowest BCUT2D eigenvalue weighted by molar-refractivity contribution is 1.02. The van der Waals surface area contributed by atoms with Gasteiger partial charge in [-0.05, 0) is 59.2 Å². The molecule has 0 bridgehead atoms. The molecule has 53 heavy (non-hydrogen) atoms. The Labute approximate surface area is 309 Å². The summed E-state index contributed by atoms with van der Waals surface area (Å²) in [6.07, 6.45) is 0. The lowest BCUT2D eigenvalue weighted by atomic mass is 9.98. The molecule has 0 spiro atoms. The molecule has 0 N–H and O–H groups in total. The fraction of sp³-hybridized carbons (Fsp3) is 0. The van der Waals surface area contributed by atoms with Crippen LogP contribution in [-0.2, 0) is 0 Å². The van der Waals surface area contributed by atoms with Crippen molar-refractivity contribution in [3.63, 3.8) is 0 Å². The molecule has 4 nitrogen and oxygen atoms in total. The van der Waals surface area contributed by atoms with Gasteiger partial charge in [-0.1, -0.05) is 133 Å². The van der Waals surface area contributed by atoms with Crippen molar-refractivity contribution in [1.82, 2.24) is 19.1 Å². The zero-order valence-corrected chi connectivity index (χ0v) is 29.3. The Kier molecular flexibility index (Phi) is 6.69. The second kappa shape index (κ2) is 11.9. The molecule has 0 saturated heterocycles. The summed E-state index contributed by atoms with van der Waals surface area (Å²) >= 11 is 1.71. The topological polar surface area (TPSA) is 35.6 Å². The van der Waals surface area contributed by atoms with Crippen molar-refractivity contribution in [3.05, 3.63) is 181 Å². The van der Waals surface area contributed by atoms with Gasteiger partial charge >= 0.3 is 0 Å². The van der Waals surface area contributed by atoms with Crippen molar-refractivity contribution < 1.29 is 0 Å². The van der Waals surface area contributed by atoms with Gasteiger partial charge in [0, 0.05) is 43.7 Å². The van der Waals surface area contributed by atoms with Crippen LogP contribution in [0, 0.1) is 0 Å². The van der Waals surface area contributed by atoms with Crippen LogP contribution >= 0.6 is 11.3 Å². The molecule has 7 aromatic carbocycles. The summed E-state index contributed by atoms with van der Waals surface area (Å²) in [4.78, 5) is 10.8. The Hall–Kier alpha value is -6.82. The molecule has 0 aliphatic carbocycles. The van der Waals surface area contributed by atoms with E-state index in [0.717, 1.165) is 49.3 Å². The second-order valence-electron chi connectivity index (χ2n) is 13.4. The van der Waals surface area contributed by atoms with Crippen LogP contribution in [-0.4, -0.2) is 19.1 Å². The summed E-state index contributed by atoms with van der Waals surface area (Å²) in [5.41, 5.74) is 13.3. The number of fused-ring (bicyclic) bond motifs is 7. The number of hydrogen-bond acceptors (Lipinski definition) is 3. The lowest BCUT2D eigenvalue weighted by Gasteiger charge is -2.11. The number of para-hydroxylation sites is 3. The third-order valence-electron chi connectivity index (χ3n) is 10.4. The minimum absolute atomic E-state index is 0.666. The number of aromatic nitrogens is 4. The predicted molar refractivity (Wildman–Crippen MR) is 222 cm³/mol. The summed E-state index contributed by atoms with van der Waals surface area (Å²) in [7, 11) is 0. The van der Waals surface area contributed by atoms with E-state index in [0.29, 0.717) is 5.95 Å². The highest BCUT2D eigenvalue weighted by Crippen LogP contribution is 2.42. The first-order valence-electron chi connectivity index (χ1n) is 17.8. The van der Waals surface area contributed by atoms with E-state index in [2.05, 4.69) is 190 Å². The molecule has 0 aliphatic heterocycles. The maximum atomic E-state index is 5.39. The second-order valence-corrected chi connectivity index (χ2v) is 14.3.